The van der Waals surface area contributed by atoms with Crippen LogP contribution in [0.3, 0.4) is 0 Å². The third-order valence-corrected chi connectivity index (χ3v) is 6.72. The Bertz CT molecular complexity index is 897. The highest BCUT2D eigenvalue weighted by Crippen LogP contribution is 2.40. The highest BCUT2D eigenvalue weighted by molar-refractivity contribution is 7.13. The summed E-state index contributed by atoms with van der Waals surface area (Å²) in [4.78, 5) is 26.3. The molecule has 3 aromatic rings. The van der Waals surface area contributed by atoms with Crippen LogP contribution in [0.2, 0.25) is 0 Å². The number of aromatic nitrogens is 3. The lowest BCUT2D eigenvalue weighted by Gasteiger charge is -2.28. The molecular weight excluding hydrogens is 364 g/mol. The van der Waals surface area contributed by atoms with E-state index in [0.717, 1.165) is 52.8 Å². The molecule has 1 amide bonds. The summed E-state index contributed by atoms with van der Waals surface area (Å²) in [5.41, 5.74) is 2.35. The minimum atomic E-state index is -0.296. The Morgan fingerprint density at radius 1 is 1.19 bits per heavy atom. The third-order valence-electron chi connectivity index (χ3n) is 4.64. The molecule has 0 aliphatic heterocycles. The molecule has 0 unspecified atom stereocenters. The Balaban J connectivity index is 1.47. The molecule has 26 heavy (non-hydrogen) atoms. The lowest BCUT2D eigenvalue weighted by atomic mass is 9.98. The molecule has 0 bridgehead atoms. The fourth-order valence-corrected chi connectivity index (χ4v) is 5.22. The fourth-order valence-electron chi connectivity index (χ4n) is 3.42. The number of aryl methyl sites for hydroxylation is 1. The molecule has 1 aliphatic carbocycles. The van der Waals surface area contributed by atoms with Crippen LogP contribution in [0.4, 0.5) is 0 Å². The number of hydrogen-bond acceptors (Lipinski definition) is 6. The molecule has 0 spiro atoms. The molecule has 0 radical (unpaired) electrons. The van der Waals surface area contributed by atoms with E-state index in [-0.39, 0.29) is 17.9 Å². The van der Waals surface area contributed by atoms with E-state index in [2.05, 4.69) is 25.6 Å². The summed E-state index contributed by atoms with van der Waals surface area (Å²) in [6.07, 6.45) is 6.21. The van der Waals surface area contributed by atoms with E-state index in [9.17, 15) is 4.79 Å². The summed E-state index contributed by atoms with van der Waals surface area (Å²) >= 11 is 3.17. The quantitative estimate of drug-likeness (QED) is 0.719. The van der Waals surface area contributed by atoms with Gasteiger partial charge in [-0.15, -0.1) is 22.7 Å². The molecule has 0 aromatic carbocycles. The minimum absolute atomic E-state index is 0.0117. The molecule has 7 heteroatoms. The zero-order chi connectivity index (χ0) is 18.0. The lowest BCUT2D eigenvalue weighted by molar-refractivity contribution is -0.122. The van der Waals surface area contributed by atoms with Crippen LogP contribution in [0.1, 0.15) is 42.1 Å². The molecule has 4 rings (SSSR count). The van der Waals surface area contributed by atoms with E-state index in [4.69, 9.17) is 0 Å². The van der Waals surface area contributed by atoms with Gasteiger partial charge in [0.2, 0.25) is 5.91 Å². The standard InChI is InChI=1S/C19H20N4OS2/c1-13-11-26-18(21-13)19(7-3-4-8-19)23-16(24)10-14-12-25-17(22-14)15-6-2-5-9-20-15/h2,5-6,9,11-12H,3-4,7-8,10H2,1H3,(H,23,24). The lowest BCUT2D eigenvalue weighted by Crippen LogP contribution is -2.44. The van der Waals surface area contributed by atoms with Crippen molar-refractivity contribution in [2.75, 3.05) is 0 Å². The number of nitrogens with one attached hydrogen (secondary N) is 1. The third kappa shape index (κ3) is 3.54. The smallest absolute Gasteiger partial charge is 0.226 e. The van der Waals surface area contributed by atoms with Gasteiger partial charge in [0.1, 0.15) is 10.0 Å². The maximum atomic E-state index is 12.7. The number of carbonyl (C=O) groups excluding carboxylic acids is 1. The van der Waals surface area contributed by atoms with E-state index in [0.29, 0.717) is 0 Å². The normalized spacial score (nSPS) is 15.9. The van der Waals surface area contributed by atoms with Gasteiger partial charge in [-0.1, -0.05) is 18.9 Å². The van der Waals surface area contributed by atoms with Crippen molar-refractivity contribution in [2.45, 2.75) is 44.6 Å². The van der Waals surface area contributed by atoms with Gasteiger partial charge < -0.3 is 5.32 Å². The SMILES string of the molecule is Cc1csc(C2(NC(=O)Cc3csc(-c4ccccn4)n3)CCCC2)n1. The number of hydrogen-bond donors (Lipinski definition) is 1. The number of amides is 1. The molecular formula is C19H20N4OS2. The van der Waals surface area contributed by atoms with Gasteiger partial charge in [0.25, 0.3) is 0 Å². The van der Waals surface area contributed by atoms with Crippen LogP contribution in [0.15, 0.2) is 35.2 Å². The largest absolute Gasteiger partial charge is 0.344 e. The fraction of sp³-hybridized carbons (Fsp3) is 0.368. The van der Waals surface area contributed by atoms with Gasteiger partial charge in [-0.3, -0.25) is 9.78 Å². The molecule has 1 N–H and O–H groups in total. The van der Waals surface area contributed by atoms with Crippen molar-refractivity contribution in [2.24, 2.45) is 0 Å². The van der Waals surface area contributed by atoms with Crippen molar-refractivity contribution in [3.8, 4) is 10.7 Å². The molecule has 0 atom stereocenters. The predicted molar refractivity (Wildman–Crippen MR) is 104 cm³/mol. The summed E-state index contributed by atoms with van der Waals surface area (Å²) in [6, 6.07) is 5.75. The number of rotatable bonds is 5. The van der Waals surface area contributed by atoms with Crippen LogP contribution in [0.25, 0.3) is 10.7 Å². The van der Waals surface area contributed by atoms with E-state index in [1.54, 1.807) is 17.5 Å². The van der Waals surface area contributed by atoms with Gasteiger partial charge >= 0.3 is 0 Å². The summed E-state index contributed by atoms with van der Waals surface area (Å²) in [5.74, 6) is 0.0117. The van der Waals surface area contributed by atoms with Gasteiger partial charge in [-0.25, -0.2) is 9.97 Å². The molecule has 3 aromatic heterocycles. The van der Waals surface area contributed by atoms with Crippen molar-refractivity contribution in [3.63, 3.8) is 0 Å². The van der Waals surface area contributed by atoms with Crippen LogP contribution < -0.4 is 5.32 Å². The summed E-state index contributed by atoms with van der Waals surface area (Å²) in [5, 5.41) is 9.16. The molecule has 1 aliphatic rings. The van der Waals surface area contributed by atoms with Crippen LogP contribution in [0.5, 0.6) is 0 Å². The Morgan fingerprint density at radius 3 is 2.73 bits per heavy atom. The Labute approximate surface area is 160 Å². The molecule has 3 heterocycles. The van der Waals surface area contributed by atoms with Crippen LogP contribution in [0, 0.1) is 6.92 Å². The first-order chi connectivity index (χ1) is 12.6. The number of nitrogens with zero attached hydrogens (tertiary/aromatic N) is 3. The maximum Gasteiger partial charge on any atom is 0.226 e. The average molecular weight is 385 g/mol. The first-order valence-electron chi connectivity index (χ1n) is 8.74. The van der Waals surface area contributed by atoms with Crippen LogP contribution in [-0.2, 0) is 16.8 Å². The van der Waals surface area contributed by atoms with Crippen molar-refractivity contribution in [3.05, 3.63) is 51.6 Å². The topological polar surface area (TPSA) is 67.8 Å². The Hall–Kier alpha value is -2.12. The number of thiazole rings is 2. The highest BCUT2D eigenvalue weighted by Gasteiger charge is 2.39. The highest BCUT2D eigenvalue weighted by atomic mass is 32.1. The second-order valence-corrected chi connectivity index (χ2v) is 8.38. The molecule has 134 valence electrons. The summed E-state index contributed by atoms with van der Waals surface area (Å²) < 4.78 is 0. The second-order valence-electron chi connectivity index (χ2n) is 6.67. The van der Waals surface area contributed by atoms with Gasteiger partial charge in [0.05, 0.1) is 23.3 Å². The average Bonchev–Trinajstić information content (AvgIpc) is 3.37. The molecule has 1 saturated carbocycles. The minimum Gasteiger partial charge on any atom is -0.344 e. The second kappa shape index (κ2) is 7.25. The first kappa shape index (κ1) is 17.3. The molecule has 0 saturated heterocycles. The number of carbonyl (C=O) groups is 1. The number of pyridine rings is 1. The van der Waals surface area contributed by atoms with Gasteiger partial charge in [-0.2, -0.15) is 0 Å². The van der Waals surface area contributed by atoms with Crippen molar-refractivity contribution < 1.29 is 4.79 Å². The Kier molecular flexibility index (Phi) is 4.82. The van der Waals surface area contributed by atoms with Crippen molar-refractivity contribution in [1.82, 2.24) is 20.3 Å². The maximum absolute atomic E-state index is 12.7. The van der Waals surface area contributed by atoms with Gasteiger partial charge in [-0.05, 0) is 31.9 Å². The summed E-state index contributed by atoms with van der Waals surface area (Å²) in [7, 11) is 0. The first-order valence-corrected chi connectivity index (χ1v) is 10.5. The van der Waals surface area contributed by atoms with Crippen LogP contribution in [-0.4, -0.2) is 20.9 Å². The van der Waals surface area contributed by atoms with E-state index < -0.39 is 0 Å². The predicted octanol–water partition coefficient (Wildman–Crippen LogP) is 4.10. The van der Waals surface area contributed by atoms with E-state index >= 15 is 0 Å². The van der Waals surface area contributed by atoms with E-state index in [1.165, 1.54) is 11.3 Å². The van der Waals surface area contributed by atoms with Crippen LogP contribution >= 0.6 is 22.7 Å². The van der Waals surface area contributed by atoms with Crippen molar-refractivity contribution >= 4 is 28.6 Å². The zero-order valence-corrected chi connectivity index (χ0v) is 16.2. The summed E-state index contributed by atoms with van der Waals surface area (Å²) in [6.45, 7) is 2.00. The monoisotopic (exact) mass is 384 g/mol. The molecule has 1 fully saturated rings. The van der Waals surface area contributed by atoms with Crippen molar-refractivity contribution in [1.29, 1.82) is 0 Å². The Morgan fingerprint density at radius 2 is 2.04 bits per heavy atom. The molecule has 5 nitrogen and oxygen atoms in total. The van der Waals surface area contributed by atoms with E-state index in [1.807, 2.05) is 30.5 Å². The zero-order valence-electron chi connectivity index (χ0n) is 14.6. The van der Waals surface area contributed by atoms with Gasteiger partial charge in [0.15, 0.2) is 0 Å². The van der Waals surface area contributed by atoms with Gasteiger partial charge in [0, 0.05) is 22.7 Å².